The number of thiophene rings is 1. The Morgan fingerprint density at radius 1 is 1.28 bits per heavy atom. The summed E-state index contributed by atoms with van der Waals surface area (Å²) in [6.45, 7) is 6.37. The minimum atomic E-state index is 0.552. The summed E-state index contributed by atoms with van der Waals surface area (Å²) in [6, 6.07) is 12.9. The average Bonchev–Trinajstić information content (AvgIpc) is 2.69. The first-order chi connectivity index (χ1) is 8.66. The van der Waals surface area contributed by atoms with Crippen LogP contribution in [-0.4, -0.2) is 6.54 Å². The lowest BCUT2D eigenvalue weighted by molar-refractivity contribution is 0.619. The molecular weight excluding hydrogens is 306 g/mol. The van der Waals surface area contributed by atoms with Crippen molar-refractivity contribution in [2.45, 2.75) is 26.3 Å². The van der Waals surface area contributed by atoms with E-state index in [1.54, 1.807) is 0 Å². The van der Waals surface area contributed by atoms with Crippen molar-refractivity contribution in [3.05, 3.63) is 56.2 Å². The maximum absolute atomic E-state index is 3.56. The van der Waals surface area contributed by atoms with Gasteiger partial charge in [0.05, 0.1) is 0 Å². The van der Waals surface area contributed by atoms with Crippen LogP contribution in [0.5, 0.6) is 0 Å². The van der Waals surface area contributed by atoms with Crippen LogP contribution in [0.2, 0.25) is 0 Å². The zero-order chi connectivity index (χ0) is 13.0. The molecule has 1 unspecified atom stereocenters. The largest absolute Gasteiger partial charge is 0.311 e. The second kappa shape index (κ2) is 6.50. The molecule has 0 bridgehead atoms. The summed E-state index contributed by atoms with van der Waals surface area (Å²) in [6.07, 6.45) is 0. The predicted octanol–water partition coefficient (Wildman–Crippen LogP) is 4.71. The first-order valence-corrected chi connectivity index (χ1v) is 7.78. The molecule has 1 heterocycles. The van der Waals surface area contributed by atoms with Gasteiger partial charge >= 0.3 is 0 Å². The molecule has 1 aromatic carbocycles. The van der Waals surface area contributed by atoms with E-state index in [0.717, 1.165) is 13.1 Å². The maximum atomic E-state index is 3.56. The van der Waals surface area contributed by atoms with Gasteiger partial charge in [-0.1, -0.05) is 37.3 Å². The summed E-state index contributed by atoms with van der Waals surface area (Å²) in [7, 11) is 0. The van der Waals surface area contributed by atoms with Crippen molar-refractivity contribution < 1.29 is 0 Å². The lowest BCUT2D eigenvalue weighted by Gasteiger charge is -2.12. The first kappa shape index (κ1) is 13.8. The van der Waals surface area contributed by atoms with Gasteiger partial charge in [-0.2, -0.15) is 0 Å². The van der Waals surface area contributed by atoms with E-state index in [2.05, 4.69) is 71.5 Å². The molecule has 0 amide bonds. The van der Waals surface area contributed by atoms with Crippen LogP contribution in [0.3, 0.4) is 0 Å². The molecule has 0 fully saturated rings. The highest BCUT2D eigenvalue weighted by Crippen LogP contribution is 2.26. The number of nitrogens with one attached hydrogen (secondary N) is 1. The molecule has 96 valence electrons. The molecule has 0 aliphatic heterocycles. The van der Waals surface area contributed by atoms with Crippen LogP contribution >= 0.6 is 27.3 Å². The molecule has 1 N–H and O–H groups in total. The van der Waals surface area contributed by atoms with E-state index in [1.165, 1.54) is 19.8 Å². The van der Waals surface area contributed by atoms with Gasteiger partial charge in [-0.05, 0) is 40.4 Å². The maximum Gasteiger partial charge on any atom is 0.0314 e. The third-order valence-corrected chi connectivity index (χ3v) is 5.16. The fraction of sp³-hybridized carbons (Fsp3) is 0.333. The number of hydrogen-bond donors (Lipinski definition) is 1. The van der Waals surface area contributed by atoms with Crippen LogP contribution in [0.25, 0.3) is 0 Å². The Kier molecular flexibility index (Phi) is 4.98. The van der Waals surface area contributed by atoms with Gasteiger partial charge < -0.3 is 5.32 Å². The van der Waals surface area contributed by atoms with Crippen LogP contribution in [0.4, 0.5) is 0 Å². The van der Waals surface area contributed by atoms with Crippen molar-refractivity contribution in [1.29, 1.82) is 0 Å². The van der Waals surface area contributed by atoms with E-state index in [-0.39, 0.29) is 0 Å². The van der Waals surface area contributed by atoms with E-state index in [0.29, 0.717) is 5.92 Å². The number of aryl methyl sites for hydroxylation is 1. The molecule has 18 heavy (non-hydrogen) atoms. The Hall–Kier alpha value is -0.640. The first-order valence-electron chi connectivity index (χ1n) is 6.17. The lowest BCUT2D eigenvalue weighted by Crippen LogP contribution is -2.19. The fourth-order valence-electron chi connectivity index (χ4n) is 1.92. The average molecular weight is 324 g/mol. The fourth-order valence-corrected chi connectivity index (χ4v) is 3.49. The van der Waals surface area contributed by atoms with Gasteiger partial charge in [-0.3, -0.25) is 0 Å². The van der Waals surface area contributed by atoms with Crippen LogP contribution in [0.15, 0.2) is 40.9 Å². The third kappa shape index (κ3) is 3.67. The van der Waals surface area contributed by atoms with Crippen molar-refractivity contribution in [2.24, 2.45) is 0 Å². The second-order valence-electron chi connectivity index (χ2n) is 4.56. The molecule has 0 aliphatic carbocycles. The molecule has 0 spiro atoms. The molecule has 3 heteroatoms. The number of rotatable bonds is 5. The van der Waals surface area contributed by atoms with Gasteiger partial charge in [-0.25, -0.2) is 0 Å². The summed E-state index contributed by atoms with van der Waals surface area (Å²) < 4.78 is 1.22. The molecule has 1 aromatic heterocycles. The van der Waals surface area contributed by atoms with E-state index >= 15 is 0 Å². The topological polar surface area (TPSA) is 12.0 Å². The SMILES string of the molecule is Cc1sc(CNCC(C)c2ccccc2)cc1Br. The van der Waals surface area contributed by atoms with E-state index in [4.69, 9.17) is 0 Å². The van der Waals surface area contributed by atoms with Crippen molar-refractivity contribution in [1.82, 2.24) is 5.32 Å². The summed E-state index contributed by atoms with van der Waals surface area (Å²) >= 11 is 5.41. The Labute approximate surface area is 121 Å². The lowest BCUT2D eigenvalue weighted by atomic mass is 10.0. The molecule has 0 saturated heterocycles. The molecule has 0 radical (unpaired) electrons. The minimum Gasteiger partial charge on any atom is -0.311 e. The molecule has 0 aliphatic rings. The third-order valence-electron chi connectivity index (χ3n) is 3.03. The Bertz CT molecular complexity index is 473. The minimum absolute atomic E-state index is 0.552. The molecule has 1 nitrogen and oxygen atoms in total. The van der Waals surface area contributed by atoms with Crippen molar-refractivity contribution in [3.63, 3.8) is 0 Å². The molecular formula is C15H18BrNS. The second-order valence-corrected chi connectivity index (χ2v) is 6.75. The molecule has 2 rings (SSSR count). The summed E-state index contributed by atoms with van der Waals surface area (Å²) in [5.74, 6) is 0.552. The smallest absolute Gasteiger partial charge is 0.0314 e. The van der Waals surface area contributed by atoms with Crippen molar-refractivity contribution in [2.75, 3.05) is 6.54 Å². The van der Waals surface area contributed by atoms with Crippen molar-refractivity contribution in [3.8, 4) is 0 Å². The predicted molar refractivity (Wildman–Crippen MR) is 83.3 cm³/mol. The van der Waals surface area contributed by atoms with Crippen LogP contribution in [0, 0.1) is 6.92 Å². The van der Waals surface area contributed by atoms with Crippen molar-refractivity contribution >= 4 is 27.3 Å². The van der Waals surface area contributed by atoms with Crippen LogP contribution in [-0.2, 0) is 6.54 Å². The summed E-state index contributed by atoms with van der Waals surface area (Å²) in [4.78, 5) is 2.74. The highest BCUT2D eigenvalue weighted by atomic mass is 79.9. The zero-order valence-electron chi connectivity index (χ0n) is 10.7. The summed E-state index contributed by atoms with van der Waals surface area (Å²) in [5, 5.41) is 3.53. The van der Waals surface area contributed by atoms with Gasteiger partial charge in [0, 0.05) is 27.3 Å². The normalized spacial score (nSPS) is 12.6. The highest BCUT2D eigenvalue weighted by molar-refractivity contribution is 9.10. The number of hydrogen-bond acceptors (Lipinski definition) is 2. The molecule has 0 saturated carbocycles. The number of benzene rings is 1. The van der Waals surface area contributed by atoms with Gasteiger partial charge in [0.15, 0.2) is 0 Å². The van der Waals surface area contributed by atoms with Crippen LogP contribution < -0.4 is 5.32 Å². The van der Waals surface area contributed by atoms with Gasteiger partial charge in [0.25, 0.3) is 0 Å². The monoisotopic (exact) mass is 323 g/mol. The number of halogens is 1. The highest BCUT2D eigenvalue weighted by Gasteiger charge is 2.06. The quantitative estimate of drug-likeness (QED) is 0.840. The summed E-state index contributed by atoms with van der Waals surface area (Å²) in [5.41, 5.74) is 1.40. The molecule has 1 atom stereocenters. The Morgan fingerprint density at radius 2 is 2.00 bits per heavy atom. The zero-order valence-corrected chi connectivity index (χ0v) is 13.1. The van der Waals surface area contributed by atoms with E-state index in [1.807, 2.05) is 11.3 Å². The Balaban J connectivity index is 1.82. The standard InChI is InChI=1S/C15H18BrNS/c1-11(13-6-4-3-5-7-13)9-17-10-14-8-15(16)12(2)18-14/h3-8,11,17H,9-10H2,1-2H3. The van der Waals surface area contributed by atoms with Crippen LogP contribution in [0.1, 0.15) is 28.2 Å². The van der Waals surface area contributed by atoms with E-state index < -0.39 is 0 Å². The van der Waals surface area contributed by atoms with Gasteiger partial charge in [0.1, 0.15) is 0 Å². The molecule has 2 aromatic rings. The van der Waals surface area contributed by atoms with Gasteiger partial charge in [-0.15, -0.1) is 11.3 Å². The Morgan fingerprint density at radius 3 is 2.61 bits per heavy atom. The van der Waals surface area contributed by atoms with E-state index in [9.17, 15) is 0 Å². The van der Waals surface area contributed by atoms with Gasteiger partial charge in [0.2, 0.25) is 0 Å².